The number of rotatable bonds is 9. The van der Waals surface area contributed by atoms with Crippen LogP contribution >= 0.6 is 0 Å². The van der Waals surface area contributed by atoms with Crippen molar-refractivity contribution in [3.05, 3.63) is 64.6 Å². The van der Waals surface area contributed by atoms with Crippen LogP contribution in [0.3, 0.4) is 0 Å². The number of fused-ring (bicyclic) bond motifs is 1. The summed E-state index contributed by atoms with van der Waals surface area (Å²) in [5.41, 5.74) is -4.09. The second kappa shape index (κ2) is 13.7. The van der Waals surface area contributed by atoms with Crippen molar-refractivity contribution in [1.82, 2.24) is 15.0 Å². The Bertz CT molecular complexity index is 1630. The van der Waals surface area contributed by atoms with Gasteiger partial charge >= 0.3 is 24.4 Å². The number of carbonyl (C=O) groups excluding carboxylic acids is 2. The number of nitrogens with zero attached hydrogens (tertiary/aromatic N) is 4. The Labute approximate surface area is 271 Å². The van der Waals surface area contributed by atoms with E-state index in [0.717, 1.165) is 6.20 Å². The van der Waals surface area contributed by atoms with Crippen LogP contribution in [-0.4, -0.2) is 59.0 Å². The summed E-state index contributed by atoms with van der Waals surface area (Å²) in [6, 6.07) is 3.11. The summed E-state index contributed by atoms with van der Waals surface area (Å²) < 4.78 is 96.1. The molecule has 17 heteroatoms. The van der Waals surface area contributed by atoms with Crippen LogP contribution in [-0.2, 0) is 33.0 Å². The van der Waals surface area contributed by atoms with Crippen molar-refractivity contribution in [2.75, 3.05) is 31.0 Å². The molecule has 1 aromatic carbocycles. The number of esters is 1. The summed E-state index contributed by atoms with van der Waals surface area (Å²) >= 11 is 0. The molecule has 0 fully saturated rings. The van der Waals surface area contributed by atoms with E-state index >= 15 is 0 Å². The van der Waals surface area contributed by atoms with Gasteiger partial charge in [-0.05, 0) is 56.5 Å². The second-order valence-electron chi connectivity index (χ2n) is 11.7. The summed E-state index contributed by atoms with van der Waals surface area (Å²) in [5, 5.41) is 13.5. The molecule has 4 rings (SSSR count). The monoisotopic (exact) mass is 685 g/mol. The molecule has 0 bridgehead atoms. The van der Waals surface area contributed by atoms with Gasteiger partial charge in [0.15, 0.2) is 5.75 Å². The van der Waals surface area contributed by atoms with Crippen LogP contribution in [0.5, 0.6) is 11.6 Å². The third kappa shape index (κ3) is 7.99. The van der Waals surface area contributed by atoms with Crippen molar-refractivity contribution in [1.29, 1.82) is 0 Å². The number of aromatic nitrogens is 3. The van der Waals surface area contributed by atoms with E-state index in [9.17, 15) is 41.0 Å². The summed E-state index contributed by atoms with van der Waals surface area (Å²) in [6.07, 6.45) is -9.79. The Morgan fingerprint density at radius 1 is 1.02 bits per heavy atom. The highest BCUT2D eigenvalue weighted by Gasteiger charge is 2.40. The van der Waals surface area contributed by atoms with E-state index < -0.39 is 65.2 Å². The number of pyridine rings is 1. The zero-order valence-electron chi connectivity index (χ0n) is 26.5. The van der Waals surface area contributed by atoms with Crippen LogP contribution in [0.4, 0.5) is 42.8 Å². The lowest BCUT2D eigenvalue weighted by Gasteiger charge is -2.39. The van der Waals surface area contributed by atoms with E-state index in [1.54, 1.807) is 19.9 Å². The lowest BCUT2D eigenvalue weighted by Crippen LogP contribution is -2.47. The summed E-state index contributed by atoms with van der Waals surface area (Å²) in [5.74, 6) is -1.03. The van der Waals surface area contributed by atoms with Crippen LogP contribution in [0.15, 0.2) is 36.5 Å². The molecular weight excluding hydrogens is 652 g/mol. The molecule has 48 heavy (non-hydrogen) atoms. The van der Waals surface area contributed by atoms with E-state index in [-0.39, 0.29) is 42.2 Å². The average Bonchev–Trinajstić information content (AvgIpc) is 3.03. The first kappa shape index (κ1) is 36.0. The van der Waals surface area contributed by atoms with E-state index in [1.165, 1.54) is 25.2 Å². The maximum absolute atomic E-state index is 13.4. The fourth-order valence-corrected chi connectivity index (χ4v) is 5.16. The van der Waals surface area contributed by atoms with Gasteiger partial charge < -0.3 is 24.6 Å². The highest BCUT2D eigenvalue weighted by Crippen LogP contribution is 2.41. The van der Waals surface area contributed by atoms with Gasteiger partial charge in [-0.3, -0.25) is 9.69 Å². The predicted octanol–water partition coefficient (Wildman–Crippen LogP) is 6.69. The minimum absolute atomic E-state index is 0.0152. The quantitative estimate of drug-likeness (QED) is 0.185. The van der Waals surface area contributed by atoms with Crippen LogP contribution in [0.1, 0.15) is 67.7 Å². The number of halogens is 6. The van der Waals surface area contributed by atoms with Gasteiger partial charge in [-0.1, -0.05) is 6.92 Å². The zero-order valence-corrected chi connectivity index (χ0v) is 26.5. The van der Waals surface area contributed by atoms with Gasteiger partial charge in [-0.15, -0.1) is 0 Å². The number of ether oxygens (including phenoxy) is 3. The predicted molar refractivity (Wildman–Crippen MR) is 158 cm³/mol. The average molecular weight is 686 g/mol. The Hall–Kier alpha value is -4.83. The Morgan fingerprint density at radius 2 is 1.67 bits per heavy atom. The van der Waals surface area contributed by atoms with E-state index in [2.05, 4.69) is 20.3 Å². The fourth-order valence-electron chi connectivity index (χ4n) is 5.16. The molecule has 0 saturated carbocycles. The number of alkyl halides is 6. The van der Waals surface area contributed by atoms with E-state index in [1.807, 2.05) is 6.92 Å². The number of anilines is 2. The molecule has 0 spiro atoms. The topological polar surface area (TPSA) is 136 Å². The number of amides is 1. The Balaban J connectivity index is 1.66. The van der Waals surface area contributed by atoms with Gasteiger partial charge in [0.25, 0.3) is 0 Å². The minimum atomic E-state index is -5.05. The maximum Gasteiger partial charge on any atom is 0.416 e. The van der Waals surface area contributed by atoms with Crippen molar-refractivity contribution < 1.29 is 55.2 Å². The first-order chi connectivity index (χ1) is 22.4. The van der Waals surface area contributed by atoms with Gasteiger partial charge in [0.1, 0.15) is 6.61 Å². The third-order valence-electron chi connectivity index (χ3n) is 7.68. The second-order valence-corrected chi connectivity index (χ2v) is 11.7. The number of methoxy groups -OCH3 is 2. The molecule has 0 aliphatic carbocycles. The first-order valence-electron chi connectivity index (χ1n) is 14.6. The molecule has 2 atom stereocenters. The molecule has 2 N–H and O–H groups in total. The van der Waals surface area contributed by atoms with Crippen molar-refractivity contribution in [3.63, 3.8) is 0 Å². The number of hydrogen-bond acceptors (Lipinski definition) is 10. The van der Waals surface area contributed by atoms with Gasteiger partial charge in [0.05, 0.1) is 60.1 Å². The normalized spacial score (nSPS) is 16.6. The molecule has 1 amide bonds. The van der Waals surface area contributed by atoms with Gasteiger partial charge in [-0.25, -0.2) is 19.7 Å². The number of nitrogens with one attached hydrogen (secondary N) is 1. The van der Waals surface area contributed by atoms with Crippen LogP contribution in [0.2, 0.25) is 0 Å². The molecule has 0 radical (unpaired) electrons. The maximum atomic E-state index is 13.4. The van der Waals surface area contributed by atoms with E-state index in [4.69, 9.17) is 14.2 Å². The molecule has 3 heterocycles. The summed E-state index contributed by atoms with van der Waals surface area (Å²) in [7, 11) is 2.62. The molecular formula is C31H33F6N5O6. The standard InChI is InChI=1S/C31H33F6N5O6/c1-6-19-13-21(25-22(7-8-24(41-25)46-4)42(19)28(45)48-15-29(2,3)26(44)47-5)40-27-38-14-23(43)20(39-27)11-16-9-17(30(32,33)34)12-18(10-16)31(35,36)37/h7-10,12,14,19,21,43H,6,11,13,15H2,1-5H3,(H,38,39,40)/t19-,21+/m1/s1. The van der Waals surface area contributed by atoms with Crippen LogP contribution in [0, 0.1) is 5.41 Å². The zero-order chi connectivity index (χ0) is 35.6. The van der Waals surface area contributed by atoms with Crippen molar-refractivity contribution >= 4 is 23.7 Å². The lowest BCUT2D eigenvalue weighted by molar-refractivity contribution is -0.152. The molecule has 11 nitrogen and oxygen atoms in total. The van der Waals surface area contributed by atoms with Crippen molar-refractivity contribution in [3.8, 4) is 11.6 Å². The molecule has 1 aliphatic rings. The molecule has 2 aromatic heterocycles. The van der Waals surface area contributed by atoms with Crippen molar-refractivity contribution in [2.24, 2.45) is 5.41 Å². The van der Waals surface area contributed by atoms with Gasteiger partial charge in [-0.2, -0.15) is 26.3 Å². The highest BCUT2D eigenvalue weighted by atomic mass is 19.4. The Morgan fingerprint density at radius 3 is 2.23 bits per heavy atom. The smallest absolute Gasteiger partial charge is 0.416 e. The largest absolute Gasteiger partial charge is 0.504 e. The lowest BCUT2D eigenvalue weighted by atomic mass is 9.93. The molecule has 0 unspecified atom stereocenters. The van der Waals surface area contributed by atoms with E-state index in [0.29, 0.717) is 29.9 Å². The molecule has 260 valence electrons. The molecule has 0 saturated heterocycles. The summed E-state index contributed by atoms with van der Waals surface area (Å²) in [6.45, 7) is 4.69. The minimum Gasteiger partial charge on any atom is -0.504 e. The van der Waals surface area contributed by atoms with Gasteiger partial charge in [0.2, 0.25) is 11.8 Å². The number of hydrogen-bond donors (Lipinski definition) is 2. The van der Waals surface area contributed by atoms with Gasteiger partial charge in [0, 0.05) is 18.5 Å². The SMILES string of the molecule is CC[C@@H]1C[C@H](Nc2ncc(O)c(Cc3cc(C(F)(F)F)cc(C(F)(F)F)c3)n2)c2nc(OC)ccc2N1C(=O)OCC(C)(C)C(=O)OC. The van der Waals surface area contributed by atoms with Crippen molar-refractivity contribution in [2.45, 2.75) is 64.5 Å². The summed E-state index contributed by atoms with van der Waals surface area (Å²) in [4.78, 5) is 39.7. The highest BCUT2D eigenvalue weighted by molar-refractivity contribution is 5.90. The molecule has 1 aliphatic heterocycles. The number of aromatic hydroxyl groups is 1. The third-order valence-corrected chi connectivity index (χ3v) is 7.68. The van der Waals surface area contributed by atoms with Crippen LogP contribution in [0.25, 0.3) is 0 Å². The van der Waals surface area contributed by atoms with Crippen LogP contribution < -0.4 is 15.0 Å². The first-order valence-corrected chi connectivity index (χ1v) is 14.6. The Kier molecular flexibility index (Phi) is 10.3. The number of benzene rings is 1. The fraction of sp³-hybridized carbons (Fsp3) is 0.452. The number of carbonyl (C=O) groups is 2. The molecule has 3 aromatic rings.